The van der Waals surface area contributed by atoms with Gasteiger partial charge in [-0.2, -0.15) is 0 Å². The number of fused-ring (bicyclic) bond motifs is 1. The zero-order chi connectivity index (χ0) is 26.7. The van der Waals surface area contributed by atoms with Crippen molar-refractivity contribution < 1.29 is 24.3 Å². The second-order valence-electron chi connectivity index (χ2n) is 7.25. The van der Waals surface area contributed by atoms with E-state index in [1.54, 1.807) is 0 Å². The molecule has 0 saturated carbocycles. The Morgan fingerprint density at radius 2 is 2.11 bits per heavy atom. The number of amides is 2. The van der Waals surface area contributed by atoms with Crippen molar-refractivity contribution in [3.8, 4) is 0 Å². The minimum Gasteiger partial charge on any atom is -0.477 e. The molecule has 2 aromatic heterocycles. The topological polar surface area (TPSA) is 223 Å². The maximum Gasteiger partial charge on any atom is 0.352 e. The summed E-state index contributed by atoms with van der Waals surface area (Å²) < 4.78 is 1.28. The number of nitrogen functional groups attached to an aromatic ring is 1. The molecule has 2 atom stereocenters. The monoisotopic (exact) mass is 601 g/mol. The third kappa shape index (κ3) is 6.00. The number of hydrogen-bond acceptors (Lipinski definition) is 15. The summed E-state index contributed by atoms with van der Waals surface area (Å²) in [6, 6.07) is -0.942. The fourth-order valence-corrected chi connectivity index (χ4v) is 8.10. The molecule has 1 saturated heterocycles. The van der Waals surface area contributed by atoms with E-state index in [0.29, 0.717) is 31.5 Å². The van der Waals surface area contributed by atoms with Crippen LogP contribution >= 0.6 is 58.0 Å². The minimum absolute atomic E-state index is 0.0307. The van der Waals surface area contributed by atoms with Gasteiger partial charge in [0.05, 0.1) is 5.75 Å². The average molecular weight is 602 g/mol. The van der Waals surface area contributed by atoms with E-state index in [2.05, 4.69) is 25.7 Å². The first-order valence-electron chi connectivity index (χ1n) is 10.1. The van der Waals surface area contributed by atoms with Crippen molar-refractivity contribution in [3.63, 3.8) is 0 Å². The summed E-state index contributed by atoms with van der Waals surface area (Å²) in [5.41, 5.74) is 11.5. The van der Waals surface area contributed by atoms with Gasteiger partial charge in [0.2, 0.25) is 0 Å². The molecule has 7 N–H and O–H groups in total. The quantitative estimate of drug-likeness (QED) is 0.0778. The van der Waals surface area contributed by atoms with Crippen LogP contribution in [0.4, 0.5) is 5.13 Å². The van der Waals surface area contributed by atoms with Crippen LogP contribution in [0, 0.1) is 5.41 Å². The normalized spacial score (nSPS) is 19.3. The van der Waals surface area contributed by atoms with Gasteiger partial charge < -0.3 is 26.7 Å². The van der Waals surface area contributed by atoms with Gasteiger partial charge >= 0.3 is 5.97 Å². The van der Waals surface area contributed by atoms with Gasteiger partial charge in [0.25, 0.3) is 11.8 Å². The van der Waals surface area contributed by atoms with Gasteiger partial charge in [-0.1, -0.05) is 40.0 Å². The highest BCUT2D eigenvalue weighted by atomic mass is 32.2. The largest absolute Gasteiger partial charge is 0.477 e. The van der Waals surface area contributed by atoms with Crippen molar-refractivity contribution in [3.05, 3.63) is 22.3 Å². The third-order valence-electron chi connectivity index (χ3n) is 4.81. The molecular formula is C18H19N9O5S5. The molecule has 0 bridgehead atoms. The fraction of sp³-hybridized carbons (Fsp3) is 0.333. The second kappa shape index (κ2) is 11.7. The summed E-state index contributed by atoms with van der Waals surface area (Å²) in [6.45, 7) is 0. The molecule has 196 valence electrons. The van der Waals surface area contributed by atoms with Crippen molar-refractivity contribution in [2.24, 2.45) is 10.9 Å². The van der Waals surface area contributed by atoms with Gasteiger partial charge in [-0.25, -0.2) is 9.78 Å². The molecule has 0 spiro atoms. The number of hydrogen-bond donors (Lipinski definition) is 5. The Morgan fingerprint density at radius 3 is 2.73 bits per heavy atom. The Morgan fingerprint density at radius 1 is 1.38 bits per heavy atom. The number of carbonyl (C=O) groups excluding carboxylic acids is 2. The molecule has 4 rings (SSSR count). The highest BCUT2D eigenvalue weighted by Crippen LogP contribution is 2.42. The molecule has 2 aliphatic heterocycles. The molecule has 1 fully saturated rings. The Hall–Kier alpha value is -2.87. The van der Waals surface area contributed by atoms with E-state index in [1.807, 2.05) is 0 Å². The number of aromatic nitrogens is 3. The Kier molecular flexibility index (Phi) is 8.57. The molecule has 2 amide bonds. The van der Waals surface area contributed by atoms with Crippen LogP contribution in [0.15, 0.2) is 30.5 Å². The number of nitrogens with zero attached hydrogens (tertiary/aromatic N) is 5. The third-order valence-corrected chi connectivity index (χ3v) is 10.1. The number of nitrogens with one attached hydrogen (secondary N) is 2. The van der Waals surface area contributed by atoms with Crippen molar-refractivity contribution in [1.82, 2.24) is 25.4 Å². The maximum atomic E-state index is 13.0. The average Bonchev–Trinajstić information content (AvgIpc) is 3.50. The first-order valence-corrected chi connectivity index (χ1v) is 14.9. The van der Waals surface area contributed by atoms with Crippen molar-refractivity contribution in [1.29, 1.82) is 5.41 Å². The summed E-state index contributed by atoms with van der Waals surface area (Å²) in [7, 11) is 1.27. The number of carbonyl (C=O) groups is 3. The van der Waals surface area contributed by atoms with Crippen LogP contribution < -0.4 is 16.8 Å². The van der Waals surface area contributed by atoms with Crippen LogP contribution in [0.2, 0.25) is 0 Å². The number of anilines is 1. The predicted molar refractivity (Wildman–Crippen MR) is 143 cm³/mol. The highest BCUT2D eigenvalue weighted by Gasteiger charge is 2.54. The lowest BCUT2D eigenvalue weighted by atomic mass is 10.0. The van der Waals surface area contributed by atoms with Crippen molar-refractivity contribution >= 4 is 92.4 Å². The summed E-state index contributed by atoms with van der Waals surface area (Å²) in [5, 5.41) is 32.8. The van der Waals surface area contributed by atoms with Crippen LogP contribution in [0.5, 0.6) is 0 Å². The van der Waals surface area contributed by atoms with Crippen LogP contribution in [0.25, 0.3) is 0 Å². The number of thioether (sulfide) groups is 3. The van der Waals surface area contributed by atoms with Crippen LogP contribution in [0.1, 0.15) is 5.69 Å². The van der Waals surface area contributed by atoms with E-state index in [4.69, 9.17) is 21.7 Å². The molecule has 0 aliphatic carbocycles. The number of β-lactam (4-membered cyclic amide) rings is 1. The molecule has 14 nitrogen and oxygen atoms in total. The lowest BCUT2D eigenvalue weighted by molar-refractivity contribution is -0.150. The van der Waals surface area contributed by atoms with Gasteiger partial charge in [0, 0.05) is 16.9 Å². The van der Waals surface area contributed by atoms with E-state index in [1.165, 1.54) is 64.0 Å². The summed E-state index contributed by atoms with van der Waals surface area (Å²) >= 11 is 6.39. The molecule has 19 heteroatoms. The van der Waals surface area contributed by atoms with Crippen LogP contribution in [-0.2, 0) is 19.2 Å². The number of nitrogens with two attached hydrogens (primary N) is 2. The first kappa shape index (κ1) is 27.2. The maximum absolute atomic E-state index is 13.0. The minimum atomic E-state index is -1.23. The van der Waals surface area contributed by atoms with Crippen LogP contribution in [-0.4, -0.2) is 90.3 Å². The number of thiazole rings is 1. The number of rotatable bonds is 11. The molecule has 2 aromatic rings. The van der Waals surface area contributed by atoms with Crippen LogP contribution in [0.3, 0.4) is 0 Å². The molecular weight excluding hydrogens is 583 g/mol. The lowest BCUT2D eigenvalue weighted by Gasteiger charge is -2.49. The molecule has 0 radical (unpaired) electrons. The predicted octanol–water partition coefficient (Wildman–Crippen LogP) is 0.486. The summed E-state index contributed by atoms with van der Waals surface area (Å²) in [6.07, 6.45) is 0. The molecule has 0 aromatic carbocycles. The van der Waals surface area contributed by atoms with Gasteiger partial charge in [-0.3, -0.25) is 19.9 Å². The number of amidine groups is 1. The Labute approximate surface area is 230 Å². The van der Waals surface area contributed by atoms with E-state index < -0.39 is 29.2 Å². The SMILES string of the molecule is CO/N=C(\C(=O)N[C@@H]1C(=O)N2C(C(=O)O)=C(CSc3nnc(SCC(=N)N)s3)CS[C@H]12)c1csc(N)n1. The second-order valence-corrected chi connectivity index (χ2v) is 12.7. The molecule has 2 aliphatic rings. The number of carboxylic acids is 1. The molecule has 4 heterocycles. The van der Waals surface area contributed by atoms with E-state index in [9.17, 15) is 19.5 Å². The van der Waals surface area contributed by atoms with E-state index in [0.717, 1.165) is 11.3 Å². The van der Waals surface area contributed by atoms with Gasteiger partial charge in [-0.05, 0) is 5.57 Å². The number of carboxylic acid groups (broad SMARTS) is 1. The smallest absolute Gasteiger partial charge is 0.352 e. The van der Waals surface area contributed by atoms with Gasteiger partial charge in [0.15, 0.2) is 19.5 Å². The van der Waals surface area contributed by atoms with Gasteiger partial charge in [-0.15, -0.1) is 33.3 Å². The fourth-order valence-electron chi connectivity index (χ4n) is 3.30. The summed E-state index contributed by atoms with van der Waals surface area (Å²) in [4.78, 5) is 47.9. The standard InChI is InChI=1S/C18H19N9O5S5/c1-32-26-9(7-4-34-16(21)22-7)12(28)23-10-13(29)27-11(15(30)31)6(2-33-14(10)27)3-35-17-24-25-18(37-17)36-5-8(19)20/h4,10,14H,2-3,5H2,1H3,(H3,19,20)(H2,21,22)(H,23,28)(H,30,31)/b26-9-/t10-,14-/m1/s1. The zero-order valence-corrected chi connectivity index (χ0v) is 22.9. The molecule has 37 heavy (non-hydrogen) atoms. The van der Waals surface area contributed by atoms with E-state index >= 15 is 0 Å². The number of aliphatic carboxylic acids is 1. The Balaban J connectivity index is 1.43. The van der Waals surface area contributed by atoms with Gasteiger partial charge in [0.1, 0.15) is 35.8 Å². The summed E-state index contributed by atoms with van der Waals surface area (Å²) in [5.74, 6) is -1.48. The highest BCUT2D eigenvalue weighted by molar-refractivity contribution is 8.03. The first-order chi connectivity index (χ1) is 17.7. The van der Waals surface area contributed by atoms with Crippen molar-refractivity contribution in [2.45, 2.75) is 20.1 Å². The van der Waals surface area contributed by atoms with E-state index in [-0.39, 0.29) is 28.1 Å². The lowest BCUT2D eigenvalue weighted by Crippen LogP contribution is -2.71. The van der Waals surface area contributed by atoms with Crippen molar-refractivity contribution in [2.75, 3.05) is 30.1 Å². The molecule has 0 unspecified atom stereocenters. The Bertz CT molecular complexity index is 1310. The number of oxime groups is 1. The zero-order valence-electron chi connectivity index (χ0n) is 18.9.